The first-order valence-corrected chi connectivity index (χ1v) is 8.16. The molecule has 1 aromatic heterocycles. The van der Waals surface area contributed by atoms with Crippen molar-refractivity contribution in [3.8, 4) is 17.4 Å². The summed E-state index contributed by atoms with van der Waals surface area (Å²) in [5, 5.41) is 0. The number of carbonyl (C=O) groups is 1. The Morgan fingerprint density at radius 1 is 1.00 bits per heavy atom. The lowest BCUT2D eigenvalue weighted by Gasteiger charge is -2.15. The first kappa shape index (κ1) is 17.5. The van der Waals surface area contributed by atoms with Crippen molar-refractivity contribution in [2.45, 2.75) is 13.5 Å². The molecule has 0 spiro atoms. The molecular formula is C21H19NO4. The summed E-state index contributed by atoms with van der Waals surface area (Å²) in [6.45, 7) is 2.07. The van der Waals surface area contributed by atoms with E-state index in [1.807, 2.05) is 36.4 Å². The second kappa shape index (κ2) is 8.16. The van der Waals surface area contributed by atoms with Crippen LogP contribution in [0, 0.1) is 6.92 Å². The van der Waals surface area contributed by atoms with Gasteiger partial charge in [0.05, 0.1) is 13.3 Å². The third-order valence-corrected chi connectivity index (χ3v) is 3.83. The Labute approximate surface area is 152 Å². The van der Waals surface area contributed by atoms with Crippen LogP contribution in [0.2, 0.25) is 0 Å². The maximum Gasteiger partial charge on any atom is 0.347 e. The van der Waals surface area contributed by atoms with Gasteiger partial charge >= 0.3 is 5.97 Å². The fourth-order valence-corrected chi connectivity index (χ4v) is 2.52. The number of pyridine rings is 1. The highest BCUT2D eigenvalue weighted by Crippen LogP contribution is 2.29. The highest BCUT2D eigenvalue weighted by Gasteiger charge is 2.22. The molecule has 132 valence electrons. The quantitative estimate of drug-likeness (QED) is 0.493. The summed E-state index contributed by atoms with van der Waals surface area (Å²) in [7, 11) is 1.51. The topological polar surface area (TPSA) is 57.7 Å². The largest absolute Gasteiger partial charge is 0.486 e. The number of ether oxygens (including phenoxy) is 3. The SMILES string of the molecule is COc1ncc(OCc2ccccc2)c(C(=O)Oc2ccccc2)c1C. The van der Waals surface area contributed by atoms with E-state index in [-0.39, 0.29) is 0 Å². The average molecular weight is 349 g/mol. The second-order valence-corrected chi connectivity index (χ2v) is 5.61. The van der Waals surface area contributed by atoms with Crippen LogP contribution in [0.25, 0.3) is 0 Å². The number of hydrogen-bond donors (Lipinski definition) is 0. The molecular weight excluding hydrogens is 330 g/mol. The Bertz CT molecular complexity index is 879. The third kappa shape index (κ3) is 4.00. The van der Waals surface area contributed by atoms with Crippen molar-refractivity contribution in [2.75, 3.05) is 7.11 Å². The molecule has 0 unspecified atom stereocenters. The molecule has 0 saturated carbocycles. The van der Waals surface area contributed by atoms with Crippen molar-refractivity contribution >= 4 is 5.97 Å². The molecule has 0 amide bonds. The zero-order chi connectivity index (χ0) is 18.4. The van der Waals surface area contributed by atoms with Gasteiger partial charge in [0.25, 0.3) is 0 Å². The molecule has 0 saturated heterocycles. The Kier molecular flexibility index (Phi) is 5.49. The number of methoxy groups -OCH3 is 1. The zero-order valence-electron chi connectivity index (χ0n) is 14.6. The van der Waals surface area contributed by atoms with Crippen molar-refractivity contribution in [3.05, 3.63) is 83.6 Å². The molecule has 2 aromatic carbocycles. The van der Waals surface area contributed by atoms with Gasteiger partial charge in [-0.25, -0.2) is 9.78 Å². The molecule has 0 fully saturated rings. The van der Waals surface area contributed by atoms with Crippen molar-refractivity contribution in [1.82, 2.24) is 4.98 Å². The van der Waals surface area contributed by atoms with Crippen LogP contribution in [0.3, 0.4) is 0 Å². The van der Waals surface area contributed by atoms with Gasteiger partial charge in [-0.05, 0) is 24.6 Å². The van der Waals surface area contributed by atoms with Gasteiger partial charge in [0.15, 0.2) is 5.75 Å². The lowest BCUT2D eigenvalue weighted by atomic mass is 10.1. The summed E-state index contributed by atoms with van der Waals surface area (Å²) in [6.07, 6.45) is 1.48. The van der Waals surface area contributed by atoms with E-state index < -0.39 is 5.97 Å². The fraction of sp³-hybridized carbons (Fsp3) is 0.143. The van der Waals surface area contributed by atoms with Crippen LogP contribution in [-0.2, 0) is 6.61 Å². The van der Waals surface area contributed by atoms with Gasteiger partial charge in [-0.2, -0.15) is 0 Å². The maximum atomic E-state index is 12.7. The van der Waals surface area contributed by atoms with Crippen LogP contribution >= 0.6 is 0 Å². The van der Waals surface area contributed by atoms with E-state index in [1.165, 1.54) is 13.3 Å². The van der Waals surface area contributed by atoms with Gasteiger partial charge in [0, 0.05) is 5.56 Å². The predicted octanol–water partition coefficient (Wildman–Crippen LogP) is 4.20. The van der Waals surface area contributed by atoms with Gasteiger partial charge in [-0.3, -0.25) is 0 Å². The monoisotopic (exact) mass is 349 g/mol. The number of nitrogens with zero attached hydrogens (tertiary/aromatic N) is 1. The van der Waals surface area contributed by atoms with E-state index in [9.17, 15) is 4.79 Å². The Balaban J connectivity index is 1.89. The third-order valence-electron chi connectivity index (χ3n) is 3.83. The number of aromatic nitrogens is 1. The predicted molar refractivity (Wildman–Crippen MR) is 97.7 cm³/mol. The molecule has 26 heavy (non-hydrogen) atoms. The smallest absolute Gasteiger partial charge is 0.347 e. The maximum absolute atomic E-state index is 12.7. The Morgan fingerprint density at radius 2 is 1.65 bits per heavy atom. The van der Waals surface area contributed by atoms with E-state index >= 15 is 0 Å². The van der Waals surface area contributed by atoms with Crippen LogP contribution in [0.4, 0.5) is 0 Å². The minimum atomic E-state index is -0.516. The summed E-state index contributed by atoms with van der Waals surface area (Å²) < 4.78 is 16.5. The molecule has 5 nitrogen and oxygen atoms in total. The standard InChI is InChI=1S/C21H19NO4/c1-15-19(21(23)26-17-11-7-4-8-12-17)18(13-22-20(15)24-2)25-14-16-9-5-3-6-10-16/h3-13H,14H2,1-2H3. The summed E-state index contributed by atoms with van der Waals surface area (Å²) in [5.74, 6) is 0.657. The van der Waals surface area contributed by atoms with Crippen molar-refractivity contribution < 1.29 is 19.0 Å². The van der Waals surface area contributed by atoms with Crippen LogP contribution in [0.5, 0.6) is 17.4 Å². The molecule has 3 aromatic rings. The highest BCUT2D eigenvalue weighted by atomic mass is 16.5. The summed E-state index contributed by atoms with van der Waals surface area (Å²) in [6, 6.07) is 18.6. The van der Waals surface area contributed by atoms with Gasteiger partial charge in [-0.15, -0.1) is 0 Å². The van der Waals surface area contributed by atoms with Crippen LogP contribution in [0.15, 0.2) is 66.9 Å². The number of rotatable bonds is 6. The van der Waals surface area contributed by atoms with Gasteiger partial charge in [0.2, 0.25) is 5.88 Å². The molecule has 0 aliphatic carbocycles. The van der Waals surface area contributed by atoms with E-state index in [0.29, 0.717) is 35.1 Å². The average Bonchev–Trinajstić information content (AvgIpc) is 2.68. The molecule has 0 radical (unpaired) electrons. The van der Waals surface area contributed by atoms with Crippen molar-refractivity contribution in [3.63, 3.8) is 0 Å². The van der Waals surface area contributed by atoms with E-state index in [2.05, 4.69) is 4.98 Å². The van der Waals surface area contributed by atoms with Gasteiger partial charge < -0.3 is 14.2 Å². The molecule has 0 N–H and O–H groups in total. The first-order valence-electron chi connectivity index (χ1n) is 8.16. The summed E-state index contributed by atoms with van der Waals surface area (Å²) in [4.78, 5) is 17.0. The van der Waals surface area contributed by atoms with Gasteiger partial charge in [-0.1, -0.05) is 48.5 Å². The van der Waals surface area contributed by atoms with Crippen LogP contribution in [0.1, 0.15) is 21.5 Å². The molecule has 1 heterocycles. The highest BCUT2D eigenvalue weighted by molar-refractivity contribution is 5.96. The molecule has 0 aliphatic heterocycles. The molecule has 3 rings (SSSR count). The first-order chi connectivity index (χ1) is 12.7. The number of esters is 1. The number of benzene rings is 2. The minimum Gasteiger partial charge on any atom is -0.486 e. The van der Waals surface area contributed by atoms with E-state index in [4.69, 9.17) is 14.2 Å². The summed E-state index contributed by atoms with van der Waals surface area (Å²) >= 11 is 0. The normalized spacial score (nSPS) is 10.2. The Hall–Kier alpha value is -3.34. The molecule has 0 atom stereocenters. The molecule has 5 heteroatoms. The fourth-order valence-electron chi connectivity index (χ4n) is 2.52. The van der Waals surface area contributed by atoms with Crippen LogP contribution in [-0.4, -0.2) is 18.1 Å². The number of carbonyl (C=O) groups excluding carboxylic acids is 1. The molecule has 0 bridgehead atoms. The lowest BCUT2D eigenvalue weighted by molar-refractivity contribution is 0.0728. The van der Waals surface area contributed by atoms with Gasteiger partial charge in [0.1, 0.15) is 17.9 Å². The zero-order valence-corrected chi connectivity index (χ0v) is 14.6. The van der Waals surface area contributed by atoms with E-state index in [1.54, 1.807) is 31.2 Å². The number of hydrogen-bond acceptors (Lipinski definition) is 5. The summed E-state index contributed by atoms with van der Waals surface area (Å²) in [5.41, 5.74) is 1.86. The number of para-hydroxylation sites is 1. The van der Waals surface area contributed by atoms with Crippen LogP contribution < -0.4 is 14.2 Å². The second-order valence-electron chi connectivity index (χ2n) is 5.61. The van der Waals surface area contributed by atoms with Crippen molar-refractivity contribution in [2.24, 2.45) is 0 Å². The van der Waals surface area contributed by atoms with E-state index in [0.717, 1.165) is 5.56 Å². The molecule has 0 aliphatic rings. The Morgan fingerprint density at radius 3 is 2.31 bits per heavy atom. The van der Waals surface area contributed by atoms with Crippen molar-refractivity contribution in [1.29, 1.82) is 0 Å². The minimum absolute atomic E-state index is 0.302. The lowest BCUT2D eigenvalue weighted by Crippen LogP contribution is -2.14.